The molecule has 2 aliphatic carbocycles. The molecular formula is C38H39N3O5. The second kappa shape index (κ2) is 10.4. The molecule has 4 amide bonds. The highest BCUT2D eigenvalue weighted by atomic mass is 16.3. The Hall–Kier alpha value is -4.72. The smallest absolute Gasteiger partial charge is 0.260 e. The second-order valence-corrected chi connectivity index (χ2v) is 14.3. The van der Waals surface area contributed by atoms with Crippen molar-refractivity contribution in [1.29, 1.82) is 0 Å². The SMILES string of the molecule is Cc1ccc(NN2C(=O)C3CC4C(=CCC5C(=O)N(C(C)(C)C)C(=O)C54)C(c4ccc(O)c(C)c4)C3(c3ccccc3)C2=O)cc1. The lowest BCUT2D eigenvalue weighted by Crippen LogP contribution is -2.53. The number of rotatable bonds is 4. The normalized spacial score (nSPS) is 29.0. The summed E-state index contributed by atoms with van der Waals surface area (Å²) in [6.45, 7) is 9.38. The zero-order valence-electron chi connectivity index (χ0n) is 26.8. The first-order valence-corrected chi connectivity index (χ1v) is 16.0. The summed E-state index contributed by atoms with van der Waals surface area (Å²) in [7, 11) is 0. The monoisotopic (exact) mass is 617 g/mol. The van der Waals surface area contributed by atoms with Crippen LogP contribution >= 0.6 is 0 Å². The van der Waals surface area contributed by atoms with Crippen molar-refractivity contribution in [2.45, 2.75) is 64.3 Å². The van der Waals surface area contributed by atoms with Gasteiger partial charge in [-0.05, 0) is 88.3 Å². The first-order valence-electron chi connectivity index (χ1n) is 16.0. The van der Waals surface area contributed by atoms with Crippen molar-refractivity contribution in [2.24, 2.45) is 23.7 Å². The molecule has 0 spiro atoms. The molecule has 1 saturated carbocycles. The number of allylic oxidation sites excluding steroid dienone is 2. The quantitative estimate of drug-likeness (QED) is 0.284. The molecule has 2 N–H and O–H groups in total. The maximum absolute atomic E-state index is 15.1. The van der Waals surface area contributed by atoms with E-state index >= 15 is 4.79 Å². The number of fused-ring (bicyclic) bond motifs is 4. The Morgan fingerprint density at radius 2 is 1.54 bits per heavy atom. The van der Waals surface area contributed by atoms with Crippen LogP contribution < -0.4 is 5.43 Å². The number of nitrogens with zero attached hydrogens (tertiary/aromatic N) is 2. The number of amides is 4. The minimum Gasteiger partial charge on any atom is -0.508 e. The van der Waals surface area contributed by atoms with Gasteiger partial charge < -0.3 is 5.11 Å². The maximum atomic E-state index is 15.1. The lowest BCUT2D eigenvalue weighted by Gasteiger charge is -2.50. The molecule has 2 saturated heterocycles. The van der Waals surface area contributed by atoms with Gasteiger partial charge in [-0.1, -0.05) is 71.8 Å². The Morgan fingerprint density at radius 1 is 0.848 bits per heavy atom. The van der Waals surface area contributed by atoms with Gasteiger partial charge in [0.25, 0.3) is 11.8 Å². The second-order valence-electron chi connectivity index (χ2n) is 14.3. The zero-order chi connectivity index (χ0) is 32.7. The average molecular weight is 618 g/mol. The van der Waals surface area contributed by atoms with Crippen LogP contribution in [0.1, 0.15) is 61.8 Å². The number of hydrazine groups is 1. The highest BCUT2D eigenvalue weighted by Gasteiger charge is 2.70. The van der Waals surface area contributed by atoms with Crippen molar-refractivity contribution in [1.82, 2.24) is 9.91 Å². The fourth-order valence-electron chi connectivity index (χ4n) is 8.64. The zero-order valence-corrected chi connectivity index (χ0v) is 26.8. The van der Waals surface area contributed by atoms with Crippen LogP contribution in [0.5, 0.6) is 5.75 Å². The van der Waals surface area contributed by atoms with E-state index in [1.165, 1.54) is 9.91 Å². The number of carbonyl (C=O) groups is 4. The molecule has 0 radical (unpaired) electrons. The highest BCUT2D eigenvalue weighted by Crippen LogP contribution is 2.64. The largest absolute Gasteiger partial charge is 0.508 e. The van der Waals surface area contributed by atoms with Crippen LogP contribution in [0.4, 0.5) is 5.69 Å². The first kappa shape index (κ1) is 30.0. The molecule has 46 heavy (non-hydrogen) atoms. The molecule has 3 fully saturated rings. The molecule has 7 rings (SSSR count). The summed E-state index contributed by atoms with van der Waals surface area (Å²) >= 11 is 0. The third-order valence-electron chi connectivity index (χ3n) is 10.6. The van der Waals surface area contributed by atoms with E-state index < -0.39 is 40.5 Å². The molecule has 0 aromatic heterocycles. The van der Waals surface area contributed by atoms with Gasteiger partial charge in [0.15, 0.2) is 0 Å². The fraction of sp³-hybridized carbons (Fsp3) is 0.368. The lowest BCUT2D eigenvalue weighted by molar-refractivity contribution is -0.146. The number of aryl methyl sites for hydroxylation is 2. The summed E-state index contributed by atoms with van der Waals surface area (Å²) in [5.74, 6) is -3.96. The molecule has 4 aliphatic rings. The van der Waals surface area contributed by atoms with E-state index in [4.69, 9.17) is 0 Å². The predicted molar refractivity (Wildman–Crippen MR) is 173 cm³/mol. The Balaban J connectivity index is 1.45. The molecule has 236 valence electrons. The molecule has 6 atom stereocenters. The molecule has 8 nitrogen and oxygen atoms in total. The van der Waals surface area contributed by atoms with Gasteiger partial charge >= 0.3 is 0 Å². The molecule has 6 unspecified atom stereocenters. The van der Waals surface area contributed by atoms with Crippen molar-refractivity contribution in [3.63, 3.8) is 0 Å². The van der Waals surface area contributed by atoms with Crippen molar-refractivity contribution < 1.29 is 24.3 Å². The van der Waals surface area contributed by atoms with Crippen LogP contribution in [0.15, 0.2) is 84.4 Å². The summed E-state index contributed by atoms with van der Waals surface area (Å²) in [5.41, 5.74) is 5.82. The van der Waals surface area contributed by atoms with Crippen LogP contribution in [0.3, 0.4) is 0 Å². The van der Waals surface area contributed by atoms with Gasteiger partial charge in [-0.15, -0.1) is 0 Å². The summed E-state index contributed by atoms with van der Waals surface area (Å²) < 4.78 is 0. The van der Waals surface area contributed by atoms with Gasteiger partial charge in [-0.25, -0.2) is 0 Å². The summed E-state index contributed by atoms with van der Waals surface area (Å²) in [5, 5.41) is 11.7. The van der Waals surface area contributed by atoms with Crippen LogP contribution in [-0.4, -0.2) is 44.2 Å². The maximum Gasteiger partial charge on any atom is 0.260 e. The van der Waals surface area contributed by atoms with E-state index in [1.807, 2.05) is 101 Å². The van der Waals surface area contributed by atoms with Crippen molar-refractivity contribution >= 4 is 29.3 Å². The number of phenols is 1. The van der Waals surface area contributed by atoms with Gasteiger partial charge in [0, 0.05) is 11.5 Å². The topological polar surface area (TPSA) is 107 Å². The Labute approximate surface area is 269 Å². The number of likely N-dealkylation sites (tertiary alicyclic amines) is 1. The number of aromatic hydroxyl groups is 1. The highest BCUT2D eigenvalue weighted by molar-refractivity contribution is 6.13. The number of imide groups is 2. The van der Waals surface area contributed by atoms with E-state index in [2.05, 4.69) is 11.5 Å². The molecule has 3 aromatic rings. The third-order valence-corrected chi connectivity index (χ3v) is 10.6. The predicted octanol–water partition coefficient (Wildman–Crippen LogP) is 5.79. The van der Waals surface area contributed by atoms with Gasteiger partial charge in [-0.3, -0.25) is 29.5 Å². The first-order chi connectivity index (χ1) is 21.9. The number of hydrogen-bond donors (Lipinski definition) is 2. The van der Waals surface area contributed by atoms with Crippen molar-refractivity contribution in [3.05, 3.63) is 107 Å². The number of carbonyl (C=O) groups excluding carboxylic acids is 4. The summed E-state index contributed by atoms with van der Waals surface area (Å²) in [6, 6.07) is 22.3. The molecule has 2 heterocycles. The van der Waals surface area contributed by atoms with E-state index in [0.29, 0.717) is 23.2 Å². The molecule has 8 heteroatoms. The minimum absolute atomic E-state index is 0.132. The Bertz CT molecular complexity index is 1810. The van der Waals surface area contributed by atoms with E-state index in [9.17, 15) is 19.5 Å². The van der Waals surface area contributed by atoms with Crippen molar-refractivity contribution in [2.75, 3.05) is 5.43 Å². The Kier molecular flexibility index (Phi) is 6.78. The minimum atomic E-state index is -1.33. The number of benzene rings is 3. The number of anilines is 1. The van der Waals surface area contributed by atoms with Gasteiger partial charge in [0.2, 0.25) is 11.8 Å². The molecule has 2 aliphatic heterocycles. The fourth-order valence-corrected chi connectivity index (χ4v) is 8.64. The molecular weight excluding hydrogens is 578 g/mol. The van der Waals surface area contributed by atoms with Crippen LogP contribution in [0, 0.1) is 37.5 Å². The van der Waals surface area contributed by atoms with Crippen LogP contribution in [0.25, 0.3) is 0 Å². The van der Waals surface area contributed by atoms with Crippen LogP contribution in [0.2, 0.25) is 0 Å². The third kappa shape index (κ3) is 4.18. The number of hydrogen-bond acceptors (Lipinski definition) is 6. The average Bonchev–Trinajstić information content (AvgIpc) is 3.41. The number of phenolic OH excluding ortho intramolecular Hbond substituents is 1. The summed E-state index contributed by atoms with van der Waals surface area (Å²) in [6.07, 6.45) is 2.69. The number of nitrogens with one attached hydrogen (secondary N) is 1. The lowest BCUT2D eigenvalue weighted by atomic mass is 9.49. The molecule has 0 bridgehead atoms. The van der Waals surface area contributed by atoms with Crippen molar-refractivity contribution in [3.8, 4) is 5.75 Å². The standard InChI is InChI=1S/C38H39N3O5/c1-21-11-14-25(15-12-21)39-41-34(44)29-20-28-26(16-17-27-31(28)35(45)40(33(27)43)37(3,4)5)32(23-13-18-30(42)22(2)19-23)38(29,36(41)46)24-9-7-6-8-10-24/h6-16,18-19,27-29,31-32,39,42H,17,20H2,1-5H3. The summed E-state index contributed by atoms with van der Waals surface area (Å²) in [4.78, 5) is 59.1. The molecule has 3 aromatic carbocycles. The van der Waals surface area contributed by atoms with E-state index in [1.54, 1.807) is 6.07 Å². The van der Waals surface area contributed by atoms with Gasteiger partial charge in [0.1, 0.15) is 5.75 Å². The van der Waals surface area contributed by atoms with Gasteiger partial charge in [0.05, 0.1) is 28.9 Å². The van der Waals surface area contributed by atoms with Crippen LogP contribution in [-0.2, 0) is 24.6 Å². The van der Waals surface area contributed by atoms with E-state index in [-0.39, 0.29) is 35.8 Å². The van der Waals surface area contributed by atoms with E-state index in [0.717, 1.165) is 16.7 Å². The van der Waals surface area contributed by atoms with Gasteiger partial charge in [-0.2, -0.15) is 5.01 Å². The Morgan fingerprint density at radius 3 is 2.20 bits per heavy atom.